The minimum atomic E-state index is 0. The molecule has 0 unspecified atom stereocenters. The number of rotatable bonds is 5. The van der Waals surface area contributed by atoms with Crippen molar-refractivity contribution >= 4 is 42.1 Å². The van der Waals surface area contributed by atoms with E-state index in [1.165, 1.54) is 5.56 Å². The predicted octanol–water partition coefficient (Wildman–Crippen LogP) is 3.47. The Morgan fingerprint density at radius 2 is 1.88 bits per heavy atom. The molecule has 144 valence electrons. The summed E-state index contributed by atoms with van der Waals surface area (Å²) in [7, 11) is 4.05. The maximum absolute atomic E-state index is 13.0. The molecular formula is C19H27Cl2N3OS. The van der Waals surface area contributed by atoms with Crippen LogP contribution in [0.25, 0.3) is 0 Å². The van der Waals surface area contributed by atoms with Crippen molar-refractivity contribution in [1.29, 1.82) is 0 Å². The van der Waals surface area contributed by atoms with Gasteiger partial charge in [-0.25, -0.2) is 0 Å². The van der Waals surface area contributed by atoms with Gasteiger partial charge >= 0.3 is 0 Å². The highest BCUT2D eigenvalue weighted by molar-refractivity contribution is 7.12. The minimum absolute atomic E-state index is 0. The first kappa shape index (κ1) is 22.9. The molecule has 0 saturated carbocycles. The van der Waals surface area contributed by atoms with Gasteiger partial charge in [0.15, 0.2) is 0 Å². The summed E-state index contributed by atoms with van der Waals surface area (Å²) >= 11 is 1.54. The van der Waals surface area contributed by atoms with E-state index < -0.39 is 0 Å². The molecule has 0 bridgehead atoms. The average Bonchev–Trinajstić information content (AvgIpc) is 3.21. The first-order valence-corrected chi connectivity index (χ1v) is 9.23. The van der Waals surface area contributed by atoms with Crippen LogP contribution in [0, 0.1) is 5.92 Å². The van der Waals surface area contributed by atoms with Gasteiger partial charge in [0.1, 0.15) is 0 Å². The summed E-state index contributed by atoms with van der Waals surface area (Å²) in [5.74, 6) is 0.810. The van der Waals surface area contributed by atoms with Crippen LogP contribution < -0.4 is 5.73 Å². The molecule has 26 heavy (non-hydrogen) atoms. The van der Waals surface area contributed by atoms with E-state index in [0.29, 0.717) is 18.4 Å². The third-order valence-corrected chi connectivity index (χ3v) is 5.63. The summed E-state index contributed by atoms with van der Waals surface area (Å²) in [5, 5.41) is 2.01. The van der Waals surface area contributed by atoms with E-state index in [9.17, 15) is 4.79 Å². The number of nitrogens with two attached hydrogens (primary N) is 1. The minimum Gasteiger partial charge on any atom is -0.337 e. The molecule has 7 heteroatoms. The number of benzene rings is 1. The molecule has 4 nitrogen and oxygen atoms in total. The van der Waals surface area contributed by atoms with E-state index in [1.807, 2.05) is 30.4 Å². The smallest absolute Gasteiger partial charge is 0.264 e. The van der Waals surface area contributed by atoms with Crippen LogP contribution in [0.3, 0.4) is 0 Å². The topological polar surface area (TPSA) is 49.6 Å². The fraction of sp³-hybridized carbons (Fsp3) is 0.421. The predicted molar refractivity (Wildman–Crippen MR) is 114 cm³/mol. The zero-order valence-corrected chi connectivity index (χ0v) is 17.6. The molecule has 1 fully saturated rings. The quantitative estimate of drug-likeness (QED) is 0.812. The van der Waals surface area contributed by atoms with E-state index in [4.69, 9.17) is 5.73 Å². The molecule has 0 spiro atoms. The van der Waals surface area contributed by atoms with Gasteiger partial charge in [-0.3, -0.25) is 4.79 Å². The number of hydrogen-bond donors (Lipinski definition) is 1. The molecule has 0 aliphatic carbocycles. The number of likely N-dealkylation sites (tertiary alicyclic amines) is 1. The van der Waals surface area contributed by atoms with E-state index in [2.05, 4.69) is 35.2 Å². The Bertz CT molecular complexity index is 693. The molecular weight excluding hydrogens is 389 g/mol. The molecule has 1 saturated heterocycles. The summed E-state index contributed by atoms with van der Waals surface area (Å²) < 4.78 is 0. The van der Waals surface area contributed by atoms with Crippen LogP contribution in [-0.4, -0.2) is 49.4 Å². The van der Waals surface area contributed by atoms with Gasteiger partial charge in [0, 0.05) is 25.6 Å². The third kappa shape index (κ3) is 4.99. The number of amides is 1. The first-order chi connectivity index (χ1) is 11.6. The van der Waals surface area contributed by atoms with Crippen molar-refractivity contribution in [2.24, 2.45) is 11.7 Å². The second-order valence-corrected chi connectivity index (χ2v) is 7.65. The Labute approximate surface area is 172 Å². The van der Waals surface area contributed by atoms with E-state index in [1.54, 1.807) is 11.3 Å². The Morgan fingerprint density at radius 3 is 2.50 bits per heavy atom. The van der Waals surface area contributed by atoms with Crippen molar-refractivity contribution < 1.29 is 4.79 Å². The molecule has 2 N–H and O–H groups in total. The van der Waals surface area contributed by atoms with Crippen molar-refractivity contribution in [3.05, 3.63) is 57.8 Å². The van der Waals surface area contributed by atoms with Crippen molar-refractivity contribution in [2.75, 3.05) is 33.7 Å². The monoisotopic (exact) mass is 415 g/mol. The fourth-order valence-corrected chi connectivity index (χ4v) is 4.37. The van der Waals surface area contributed by atoms with Crippen molar-refractivity contribution in [2.45, 2.75) is 12.5 Å². The lowest BCUT2D eigenvalue weighted by atomic mass is 9.89. The summed E-state index contributed by atoms with van der Waals surface area (Å²) in [6.07, 6.45) is 0. The Hall–Kier alpha value is -1.11. The summed E-state index contributed by atoms with van der Waals surface area (Å²) in [5.41, 5.74) is 8.39. The Kier molecular flexibility index (Phi) is 9.07. The van der Waals surface area contributed by atoms with Gasteiger partial charge in [-0.1, -0.05) is 30.3 Å². The SMILES string of the molecule is CN(C)Cc1ccsc1C(=O)N1C[C@@H](CN)[C@H](c2ccccc2)C1.Cl.Cl. The highest BCUT2D eigenvalue weighted by Crippen LogP contribution is 2.33. The second-order valence-electron chi connectivity index (χ2n) is 6.74. The van der Waals surface area contributed by atoms with Gasteiger partial charge in [0.2, 0.25) is 0 Å². The second kappa shape index (κ2) is 10.3. The highest BCUT2D eigenvalue weighted by atomic mass is 35.5. The van der Waals surface area contributed by atoms with Crippen LogP contribution in [-0.2, 0) is 6.54 Å². The number of nitrogens with zero attached hydrogens (tertiary/aromatic N) is 2. The van der Waals surface area contributed by atoms with Crippen molar-refractivity contribution in [3.63, 3.8) is 0 Å². The number of hydrogen-bond acceptors (Lipinski definition) is 4. The molecule has 0 radical (unpaired) electrons. The van der Waals surface area contributed by atoms with E-state index in [0.717, 1.165) is 30.1 Å². The molecule has 1 aromatic carbocycles. The third-order valence-electron chi connectivity index (χ3n) is 4.69. The largest absolute Gasteiger partial charge is 0.337 e. The Balaban J connectivity index is 0.00000169. The number of halogens is 2. The van der Waals surface area contributed by atoms with Gasteiger partial charge < -0.3 is 15.5 Å². The normalized spacial score (nSPS) is 19.2. The standard InChI is InChI=1S/C19H25N3OS.2ClH/c1-21(2)11-15-8-9-24-18(15)19(23)22-12-16(10-20)17(13-22)14-6-4-3-5-7-14;;/h3-9,16-17H,10-13,20H2,1-2H3;2*1H/t16-,17+;;/m1../s1. The summed E-state index contributed by atoms with van der Waals surface area (Å²) in [6, 6.07) is 12.5. The first-order valence-electron chi connectivity index (χ1n) is 8.35. The average molecular weight is 416 g/mol. The lowest BCUT2D eigenvalue weighted by molar-refractivity contribution is 0.0789. The van der Waals surface area contributed by atoms with Gasteiger partial charge in [-0.05, 0) is 49.1 Å². The number of thiophene rings is 1. The van der Waals surface area contributed by atoms with Crippen LogP contribution in [0.1, 0.15) is 26.7 Å². The molecule has 1 aliphatic rings. The van der Waals surface area contributed by atoms with Gasteiger partial charge in [0.25, 0.3) is 5.91 Å². The van der Waals surface area contributed by atoms with Crippen LogP contribution in [0.15, 0.2) is 41.8 Å². The molecule has 2 aromatic rings. The van der Waals surface area contributed by atoms with E-state index in [-0.39, 0.29) is 30.7 Å². The van der Waals surface area contributed by atoms with Crippen LogP contribution in [0.4, 0.5) is 0 Å². The maximum Gasteiger partial charge on any atom is 0.264 e. The highest BCUT2D eigenvalue weighted by Gasteiger charge is 2.36. The summed E-state index contributed by atoms with van der Waals surface area (Å²) in [6.45, 7) is 2.90. The molecule has 3 rings (SSSR count). The van der Waals surface area contributed by atoms with Crippen molar-refractivity contribution in [1.82, 2.24) is 9.80 Å². The lowest BCUT2D eigenvalue weighted by Crippen LogP contribution is -2.30. The number of carbonyl (C=O) groups is 1. The van der Waals surface area contributed by atoms with Crippen LogP contribution >= 0.6 is 36.2 Å². The number of carbonyl (C=O) groups excluding carboxylic acids is 1. The molecule has 1 aliphatic heterocycles. The molecule has 1 amide bonds. The summed E-state index contributed by atoms with van der Waals surface area (Å²) in [4.78, 5) is 18.0. The van der Waals surface area contributed by atoms with Crippen LogP contribution in [0.5, 0.6) is 0 Å². The molecule has 2 atom stereocenters. The van der Waals surface area contributed by atoms with E-state index >= 15 is 0 Å². The maximum atomic E-state index is 13.0. The zero-order valence-electron chi connectivity index (χ0n) is 15.1. The molecule has 2 heterocycles. The van der Waals surface area contributed by atoms with Gasteiger partial charge in [-0.15, -0.1) is 36.2 Å². The Morgan fingerprint density at radius 1 is 1.19 bits per heavy atom. The lowest BCUT2D eigenvalue weighted by Gasteiger charge is -2.18. The van der Waals surface area contributed by atoms with Crippen molar-refractivity contribution in [3.8, 4) is 0 Å². The molecule has 1 aromatic heterocycles. The van der Waals surface area contributed by atoms with Gasteiger partial charge in [0.05, 0.1) is 4.88 Å². The van der Waals surface area contributed by atoms with Crippen LogP contribution in [0.2, 0.25) is 0 Å². The zero-order chi connectivity index (χ0) is 17.1. The van der Waals surface area contributed by atoms with Gasteiger partial charge in [-0.2, -0.15) is 0 Å². The fourth-order valence-electron chi connectivity index (χ4n) is 3.49.